The minimum Gasteiger partial charge on any atom is -0.441 e. The van der Waals surface area contributed by atoms with E-state index in [1.165, 1.54) is 0 Å². The van der Waals surface area contributed by atoms with E-state index in [2.05, 4.69) is 49.9 Å². The van der Waals surface area contributed by atoms with Crippen LogP contribution in [-0.2, 0) is 5.41 Å². The summed E-state index contributed by atoms with van der Waals surface area (Å²) in [5.74, 6) is 2.13. The zero-order chi connectivity index (χ0) is 15.5. The molecule has 2 heterocycles. The molecule has 0 spiro atoms. The highest BCUT2D eigenvalue weighted by Gasteiger charge is 2.18. The van der Waals surface area contributed by atoms with Gasteiger partial charge in [0.25, 0.3) is 0 Å². The van der Waals surface area contributed by atoms with Crippen molar-refractivity contribution in [3.8, 4) is 0 Å². The fourth-order valence-corrected chi connectivity index (χ4v) is 2.33. The van der Waals surface area contributed by atoms with Crippen molar-refractivity contribution in [3.05, 3.63) is 28.9 Å². The van der Waals surface area contributed by atoms with Gasteiger partial charge < -0.3 is 9.73 Å². The lowest BCUT2D eigenvalue weighted by molar-refractivity contribution is 0.403. The molecule has 0 fully saturated rings. The van der Waals surface area contributed by atoms with E-state index >= 15 is 0 Å². The Labute approximate surface area is 130 Å². The molecule has 0 bridgehead atoms. The molecular formula is C16H23N3OS. The third kappa shape index (κ3) is 4.70. The van der Waals surface area contributed by atoms with Crippen molar-refractivity contribution in [2.75, 3.05) is 11.9 Å². The number of thiazole rings is 1. The molecule has 2 rings (SSSR count). The lowest BCUT2D eigenvalue weighted by atomic mass is 9.94. The molecular weight excluding hydrogens is 282 g/mol. The Bertz CT molecular complexity index is 605. The summed E-state index contributed by atoms with van der Waals surface area (Å²) >= 11 is 1.63. The molecule has 0 atom stereocenters. The number of hydrogen-bond acceptors (Lipinski definition) is 5. The average molecular weight is 305 g/mol. The molecule has 2 aromatic heterocycles. The summed E-state index contributed by atoms with van der Waals surface area (Å²) in [4.78, 5) is 9.71. The van der Waals surface area contributed by atoms with Gasteiger partial charge in [0, 0.05) is 29.1 Å². The van der Waals surface area contributed by atoms with Gasteiger partial charge in [-0.1, -0.05) is 46.0 Å². The molecule has 0 saturated carbocycles. The van der Waals surface area contributed by atoms with Gasteiger partial charge in [0.15, 0.2) is 5.13 Å². The number of hydrogen-bond donors (Lipinski definition) is 1. The van der Waals surface area contributed by atoms with Gasteiger partial charge in [0.1, 0.15) is 5.76 Å². The summed E-state index contributed by atoms with van der Waals surface area (Å²) in [6.07, 6.45) is 7.52. The molecule has 4 nitrogen and oxygen atoms in total. The molecule has 114 valence electrons. The van der Waals surface area contributed by atoms with Crippen LogP contribution in [0.1, 0.15) is 51.1 Å². The summed E-state index contributed by atoms with van der Waals surface area (Å²) in [6, 6.07) is 0. The highest BCUT2D eigenvalue weighted by molar-refractivity contribution is 7.16. The molecule has 0 aliphatic carbocycles. The van der Waals surface area contributed by atoms with E-state index in [1.807, 2.05) is 18.3 Å². The second-order valence-corrected chi connectivity index (χ2v) is 7.55. The fourth-order valence-electron chi connectivity index (χ4n) is 1.60. The van der Waals surface area contributed by atoms with Crippen LogP contribution in [0, 0.1) is 5.92 Å². The van der Waals surface area contributed by atoms with Crippen LogP contribution in [0.3, 0.4) is 0 Å². The maximum Gasteiger partial charge on any atom is 0.218 e. The highest BCUT2D eigenvalue weighted by Crippen LogP contribution is 2.24. The summed E-state index contributed by atoms with van der Waals surface area (Å²) < 4.78 is 5.73. The van der Waals surface area contributed by atoms with Crippen LogP contribution in [0.4, 0.5) is 5.13 Å². The third-order valence-corrected chi connectivity index (χ3v) is 3.76. The number of nitrogens with zero attached hydrogens (tertiary/aromatic N) is 2. The minimum atomic E-state index is -0.0164. The first-order valence-corrected chi connectivity index (χ1v) is 8.00. The molecule has 5 heteroatoms. The summed E-state index contributed by atoms with van der Waals surface area (Å²) in [6.45, 7) is 11.6. The second-order valence-electron chi connectivity index (χ2n) is 6.49. The van der Waals surface area contributed by atoms with Crippen LogP contribution in [-0.4, -0.2) is 16.5 Å². The molecule has 0 aliphatic rings. The lowest BCUT2D eigenvalue weighted by Crippen LogP contribution is -2.09. The molecule has 0 unspecified atom stereocenters. The molecule has 0 aromatic carbocycles. The largest absolute Gasteiger partial charge is 0.441 e. The number of rotatable bonds is 5. The number of nitrogens with one attached hydrogen (secondary N) is 1. The van der Waals surface area contributed by atoms with E-state index in [0.29, 0.717) is 11.8 Å². The van der Waals surface area contributed by atoms with Crippen LogP contribution >= 0.6 is 11.3 Å². The Morgan fingerprint density at radius 2 is 2.00 bits per heavy atom. The van der Waals surface area contributed by atoms with Gasteiger partial charge >= 0.3 is 0 Å². The number of anilines is 1. The van der Waals surface area contributed by atoms with Crippen molar-refractivity contribution in [1.82, 2.24) is 9.97 Å². The Balaban J connectivity index is 1.99. The first kappa shape index (κ1) is 15.8. The fraction of sp³-hybridized carbons (Fsp3) is 0.500. The topological polar surface area (TPSA) is 51.0 Å². The predicted octanol–water partition coefficient (Wildman–Crippen LogP) is 4.67. The Kier molecular flexibility index (Phi) is 4.83. The molecule has 21 heavy (non-hydrogen) atoms. The summed E-state index contributed by atoms with van der Waals surface area (Å²) in [5, 5.41) is 4.27. The summed E-state index contributed by atoms with van der Waals surface area (Å²) in [5.41, 5.74) is -0.0164. The predicted molar refractivity (Wildman–Crippen MR) is 89.6 cm³/mol. The second kappa shape index (κ2) is 6.43. The monoisotopic (exact) mass is 305 g/mol. The van der Waals surface area contributed by atoms with Gasteiger partial charge in [0.2, 0.25) is 5.89 Å². The van der Waals surface area contributed by atoms with Crippen molar-refractivity contribution in [3.63, 3.8) is 0 Å². The SMILES string of the molecule is CC(C)CNc1ncc(C=Cc2ncc(C(C)(C)C)o2)s1. The standard InChI is InChI=1S/C16H23N3OS/c1-11(2)8-18-15-19-9-12(21-15)6-7-14-17-10-13(20-14)16(3,4)5/h6-7,9-11H,8H2,1-5H3,(H,18,19). The first-order chi connectivity index (χ1) is 9.84. The number of aromatic nitrogens is 2. The van der Waals surface area contributed by atoms with Crippen LogP contribution in [0.5, 0.6) is 0 Å². The van der Waals surface area contributed by atoms with E-state index in [9.17, 15) is 0 Å². The van der Waals surface area contributed by atoms with Crippen molar-refractivity contribution >= 4 is 28.6 Å². The normalized spacial score (nSPS) is 12.5. The van der Waals surface area contributed by atoms with Crippen LogP contribution in [0.15, 0.2) is 16.8 Å². The molecule has 1 N–H and O–H groups in total. The molecule has 0 saturated heterocycles. The quantitative estimate of drug-likeness (QED) is 0.872. The van der Waals surface area contributed by atoms with E-state index in [0.717, 1.165) is 22.3 Å². The van der Waals surface area contributed by atoms with Gasteiger partial charge in [-0.05, 0) is 12.0 Å². The van der Waals surface area contributed by atoms with Crippen LogP contribution in [0.25, 0.3) is 12.2 Å². The summed E-state index contributed by atoms with van der Waals surface area (Å²) in [7, 11) is 0. The molecule has 0 aliphatic heterocycles. The third-order valence-electron chi connectivity index (χ3n) is 2.84. The first-order valence-electron chi connectivity index (χ1n) is 7.18. The van der Waals surface area contributed by atoms with E-state index in [-0.39, 0.29) is 5.41 Å². The Morgan fingerprint density at radius 3 is 2.62 bits per heavy atom. The smallest absolute Gasteiger partial charge is 0.218 e. The maximum absolute atomic E-state index is 5.73. The molecule has 0 radical (unpaired) electrons. The van der Waals surface area contributed by atoms with Gasteiger partial charge in [-0.15, -0.1) is 0 Å². The van der Waals surface area contributed by atoms with Crippen molar-refractivity contribution in [2.24, 2.45) is 5.92 Å². The minimum absolute atomic E-state index is 0.0164. The average Bonchev–Trinajstić information content (AvgIpc) is 3.02. The van der Waals surface area contributed by atoms with Gasteiger partial charge in [-0.2, -0.15) is 0 Å². The zero-order valence-corrected chi connectivity index (χ0v) is 14.1. The van der Waals surface area contributed by atoms with Gasteiger partial charge in [0.05, 0.1) is 6.20 Å². The Hall–Kier alpha value is -1.62. The molecule has 0 amide bonds. The molecule has 2 aromatic rings. The van der Waals surface area contributed by atoms with Crippen LogP contribution in [0.2, 0.25) is 0 Å². The highest BCUT2D eigenvalue weighted by atomic mass is 32.1. The van der Waals surface area contributed by atoms with Gasteiger partial charge in [-0.25, -0.2) is 9.97 Å². The van der Waals surface area contributed by atoms with Gasteiger partial charge in [-0.3, -0.25) is 0 Å². The number of oxazole rings is 1. The maximum atomic E-state index is 5.73. The van der Waals surface area contributed by atoms with Crippen LogP contribution < -0.4 is 5.32 Å². The van der Waals surface area contributed by atoms with Crippen molar-refractivity contribution in [2.45, 2.75) is 40.0 Å². The zero-order valence-electron chi connectivity index (χ0n) is 13.3. The Morgan fingerprint density at radius 1 is 1.24 bits per heavy atom. The van der Waals surface area contributed by atoms with Crippen molar-refractivity contribution in [1.29, 1.82) is 0 Å². The van der Waals surface area contributed by atoms with E-state index < -0.39 is 0 Å². The van der Waals surface area contributed by atoms with E-state index in [1.54, 1.807) is 17.5 Å². The lowest BCUT2D eigenvalue weighted by Gasteiger charge is -2.12. The van der Waals surface area contributed by atoms with E-state index in [4.69, 9.17) is 4.42 Å². The van der Waals surface area contributed by atoms with Crippen molar-refractivity contribution < 1.29 is 4.42 Å².